The summed E-state index contributed by atoms with van der Waals surface area (Å²) >= 11 is 1.22. The molecule has 0 saturated carbocycles. The van der Waals surface area contributed by atoms with E-state index in [1.807, 2.05) is 0 Å². The van der Waals surface area contributed by atoms with Gasteiger partial charge in [-0.15, -0.1) is 11.8 Å². The number of thioether (sulfide) groups is 1. The van der Waals surface area contributed by atoms with Crippen LogP contribution in [-0.2, 0) is 25.6 Å². The molecule has 1 saturated heterocycles. The topological polar surface area (TPSA) is 94.7 Å². The molecule has 1 N–H and O–H groups in total. The minimum Gasteiger partial charge on any atom is -0.481 e. The van der Waals surface area contributed by atoms with E-state index in [0.717, 1.165) is 0 Å². The number of methoxy groups -OCH3 is 1. The number of carboxylic acids is 1. The first kappa shape index (κ1) is 14.3. The molecular weight excluding hydrogens is 272 g/mol. The standard InChI is InChI=1S/C11H16N2O5S/c1-16-11(2-4-17-5-3-11)10-12-8(18-13-10)6-19-7-9(14)15/h2-7H2,1H3,(H,14,15). The van der Waals surface area contributed by atoms with Gasteiger partial charge in [0.05, 0.1) is 11.5 Å². The smallest absolute Gasteiger partial charge is 0.313 e. The molecule has 0 bridgehead atoms. The zero-order valence-electron chi connectivity index (χ0n) is 10.6. The van der Waals surface area contributed by atoms with Gasteiger partial charge in [-0.3, -0.25) is 4.79 Å². The Kier molecular flexibility index (Phi) is 4.78. The molecule has 0 spiro atoms. The van der Waals surface area contributed by atoms with Gasteiger partial charge in [-0.25, -0.2) is 0 Å². The third kappa shape index (κ3) is 3.46. The van der Waals surface area contributed by atoms with Crippen molar-refractivity contribution in [3.8, 4) is 0 Å². The molecule has 1 fully saturated rings. The number of hydrogen-bond acceptors (Lipinski definition) is 7. The van der Waals surface area contributed by atoms with Gasteiger partial charge >= 0.3 is 5.97 Å². The van der Waals surface area contributed by atoms with Gasteiger partial charge < -0.3 is 19.1 Å². The van der Waals surface area contributed by atoms with E-state index in [1.165, 1.54) is 11.8 Å². The monoisotopic (exact) mass is 288 g/mol. The van der Waals surface area contributed by atoms with Crippen LogP contribution in [0.3, 0.4) is 0 Å². The molecule has 2 heterocycles. The Morgan fingerprint density at radius 2 is 2.26 bits per heavy atom. The molecule has 0 aromatic carbocycles. The summed E-state index contributed by atoms with van der Waals surface area (Å²) in [5.74, 6) is 0.479. The van der Waals surface area contributed by atoms with Gasteiger partial charge in [-0.1, -0.05) is 5.16 Å². The van der Waals surface area contributed by atoms with Gasteiger partial charge in [0.2, 0.25) is 11.7 Å². The Labute approximate surface area is 114 Å². The predicted molar refractivity (Wildman–Crippen MR) is 66.8 cm³/mol. The van der Waals surface area contributed by atoms with E-state index in [1.54, 1.807) is 7.11 Å². The van der Waals surface area contributed by atoms with Gasteiger partial charge in [0.25, 0.3) is 0 Å². The van der Waals surface area contributed by atoms with Crippen molar-refractivity contribution in [1.29, 1.82) is 0 Å². The summed E-state index contributed by atoms with van der Waals surface area (Å²) in [4.78, 5) is 14.7. The van der Waals surface area contributed by atoms with E-state index in [0.29, 0.717) is 43.5 Å². The first-order chi connectivity index (χ1) is 9.16. The Hall–Kier alpha value is -1.12. The van der Waals surface area contributed by atoms with Crippen molar-refractivity contribution in [1.82, 2.24) is 10.1 Å². The molecule has 0 unspecified atom stereocenters. The molecule has 1 aromatic heterocycles. The van der Waals surface area contributed by atoms with Crippen LogP contribution < -0.4 is 0 Å². The van der Waals surface area contributed by atoms with Crippen LogP contribution in [0.15, 0.2) is 4.52 Å². The maximum absolute atomic E-state index is 10.4. The number of nitrogens with zero attached hydrogens (tertiary/aromatic N) is 2. The summed E-state index contributed by atoms with van der Waals surface area (Å²) in [6.45, 7) is 1.21. The molecule has 0 aliphatic carbocycles. The second-order valence-corrected chi connectivity index (χ2v) is 5.19. The number of aliphatic carboxylic acids is 1. The molecule has 0 radical (unpaired) electrons. The minimum absolute atomic E-state index is 0.0149. The highest BCUT2D eigenvalue weighted by molar-refractivity contribution is 7.99. The molecule has 0 amide bonds. The number of aromatic nitrogens is 2. The quantitative estimate of drug-likeness (QED) is 0.829. The molecule has 19 heavy (non-hydrogen) atoms. The summed E-state index contributed by atoms with van der Waals surface area (Å²) < 4.78 is 16.0. The predicted octanol–water partition coefficient (Wildman–Crippen LogP) is 1.04. The van der Waals surface area contributed by atoms with E-state index in [-0.39, 0.29) is 5.75 Å². The highest BCUT2D eigenvalue weighted by atomic mass is 32.2. The average Bonchev–Trinajstić information content (AvgIpc) is 2.88. The van der Waals surface area contributed by atoms with Crippen molar-refractivity contribution >= 4 is 17.7 Å². The third-order valence-corrected chi connectivity index (χ3v) is 3.92. The summed E-state index contributed by atoms with van der Waals surface area (Å²) in [7, 11) is 1.63. The largest absolute Gasteiger partial charge is 0.481 e. The van der Waals surface area contributed by atoms with E-state index in [9.17, 15) is 4.79 Å². The molecular formula is C11H16N2O5S. The Bertz CT molecular complexity index is 430. The van der Waals surface area contributed by atoms with Gasteiger partial charge in [0.15, 0.2) is 0 Å². The molecule has 7 nitrogen and oxygen atoms in total. The molecule has 106 valence electrons. The Balaban J connectivity index is 2.00. The maximum atomic E-state index is 10.4. The number of hydrogen-bond donors (Lipinski definition) is 1. The summed E-state index contributed by atoms with van der Waals surface area (Å²) in [5, 5.41) is 12.5. The highest BCUT2D eigenvalue weighted by Crippen LogP contribution is 2.33. The minimum atomic E-state index is -0.859. The van der Waals surface area contributed by atoms with Gasteiger partial charge in [-0.2, -0.15) is 4.98 Å². The third-order valence-electron chi connectivity index (χ3n) is 3.02. The van der Waals surface area contributed by atoms with Crippen LogP contribution in [0.5, 0.6) is 0 Å². The SMILES string of the molecule is COC1(c2noc(CSCC(=O)O)n2)CCOCC1. The molecule has 2 rings (SSSR count). The average molecular weight is 288 g/mol. The van der Waals surface area contributed by atoms with E-state index >= 15 is 0 Å². The lowest BCUT2D eigenvalue weighted by Gasteiger charge is -2.32. The zero-order chi connectivity index (χ0) is 13.7. The van der Waals surface area contributed by atoms with Crippen LogP contribution in [0.2, 0.25) is 0 Å². The molecule has 0 atom stereocenters. The van der Waals surface area contributed by atoms with Crippen molar-refractivity contribution < 1.29 is 23.9 Å². The van der Waals surface area contributed by atoms with Crippen LogP contribution in [0, 0.1) is 0 Å². The molecule has 1 aliphatic heterocycles. The van der Waals surface area contributed by atoms with Gasteiger partial charge in [0.1, 0.15) is 5.60 Å². The fourth-order valence-electron chi connectivity index (χ4n) is 1.94. The van der Waals surface area contributed by atoms with Crippen LogP contribution in [0.25, 0.3) is 0 Å². The molecule has 8 heteroatoms. The second-order valence-electron chi connectivity index (χ2n) is 4.21. The number of ether oxygens (including phenoxy) is 2. The van der Waals surface area contributed by atoms with Gasteiger partial charge in [0, 0.05) is 33.2 Å². The lowest BCUT2D eigenvalue weighted by Crippen LogP contribution is -2.36. The maximum Gasteiger partial charge on any atom is 0.313 e. The van der Waals surface area contributed by atoms with Crippen molar-refractivity contribution in [3.63, 3.8) is 0 Å². The summed E-state index contributed by atoms with van der Waals surface area (Å²) in [5.41, 5.74) is -0.544. The Morgan fingerprint density at radius 1 is 1.53 bits per heavy atom. The zero-order valence-corrected chi connectivity index (χ0v) is 11.4. The fourth-order valence-corrected chi connectivity index (χ4v) is 2.51. The molecule has 1 aromatic rings. The van der Waals surface area contributed by atoms with Crippen LogP contribution in [-0.4, -0.2) is 47.3 Å². The summed E-state index contributed by atoms with van der Waals surface area (Å²) in [6, 6.07) is 0. The van der Waals surface area contributed by atoms with E-state index < -0.39 is 11.6 Å². The molecule has 1 aliphatic rings. The number of carbonyl (C=O) groups is 1. The first-order valence-electron chi connectivity index (χ1n) is 5.92. The normalized spacial score (nSPS) is 18.4. The van der Waals surface area contributed by atoms with Crippen molar-refractivity contribution in [3.05, 3.63) is 11.7 Å². The number of rotatable bonds is 6. The van der Waals surface area contributed by atoms with Crippen LogP contribution in [0.4, 0.5) is 0 Å². The van der Waals surface area contributed by atoms with E-state index in [4.69, 9.17) is 19.1 Å². The van der Waals surface area contributed by atoms with Gasteiger partial charge in [-0.05, 0) is 0 Å². The second kappa shape index (κ2) is 6.36. The van der Waals surface area contributed by atoms with Crippen LogP contribution >= 0.6 is 11.8 Å². The van der Waals surface area contributed by atoms with Crippen LogP contribution in [0.1, 0.15) is 24.6 Å². The highest BCUT2D eigenvalue weighted by Gasteiger charge is 2.39. The summed E-state index contributed by atoms with van der Waals surface area (Å²) in [6.07, 6.45) is 1.37. The first-order valence-corrected chi connectivity index (χ1v) is 7.07. The van der Waals surface area contributed by atoms with Crippen molar-refractivity contribution in [2.24, 2.45) is 0 Å². The number of carboxylic acid groups (broad SMARTS) is 1. The fraction of sp³-hybridized carbons (Fsp3) is 0.727. The van der Waals surface area contributed by atoms with Crippen molar-refractivity contribution in [2.75, 3.05) is 26.1 Å². The Morgan fingerprint density at radius 3 is 2.89 bits per heavy atom. The van der Waals surface area contributed by atoms with E-state index in [2.05, 4.69) is 10.1 Å². The van der Waals surface area contributed by atoms with Crippen molar-refractivity contribution in [2.45, 2.75) is 24.2 Å². The lowest BCUT2D eigenvalue weighted by atomic mass is 9.93. The lowest BCUT2D eigenvalue weighted by molar-refractivity contribution is -0.133.